The van der Waals surface area contributed by atoms with Crippen molar-refractivity contribution in [1.29, 1.82) is 5.26 Å². The lowest BCUT2D eigenvalue weighted by atomic mass is 9.84. The van der Waals surface area contributed by atoms with E-state index in [1.165, 1.54) is 12.4 Å². The quantitative estimate of drug-likeness (QED) is 0.199. The number of nitriles is 1. The molecule has 2 atom stereocenters. The average molecular weight is 688 g/mol. The van der Waals surface area contributed by atoms with Gasteiger partial charge in [0.05, 0.1) is 34.0 Å². The van der Waals surface area contributed by atoms with E-state index in [9.17, 15) is 18.2 Å². The molecular formula is C31H32Cl2N6O6S. The lowest BCUT2D eigenvalue weighted by Gasteiger charge is -2.48. The van der Waals surface area contributed by atoms with Gasteiger partial charge in [-0.3, -0.25) is 9.54 Å². The molecule has 2 fully saturated rings. The van der Waals surface area contributed by atoms with Gasteiger partial charge in [-0.15, -0.1) is 0 Å². The minimum Gasteiger partial charge on any atom is -0.493 e. The Balaban J connectivity index is 1.41. The zero-order valence-corrected chi connectivity index (χ0v) is 27.7. The van der Waals surface area contributed by atoms with Gasteiger partial charge in [0.15, 0.2) is 17.7 Å². The molecule has 6 rings (SSSR count). The third kappa shape index (κ3) is 6.32. The van der Waals surface area contributed by atoms with Crippen LogP contribution in [-0.2, 0) is 14.9 Å². The molecule has 1 aromatic carbocycles. The van der Waals surface area contributed by atoms with E-state index in [1.807, 2.05) is 28.6 Å². The highest BCUT2D eigenvalue weighted by Gasteiger charge is 2.43. The Morgan fingerprint density at radius 1 is 1.17 bits per heavy atom. The van der Waals surface area contributed by atoms with Gasteiger partial charge in [0.2, 0.25) is 0 Å². The van der Waals surface area contributed by atoms with Crippen molar-refractivity contribution in [2.75, 3.05) is 37.5 Å². The second-order valence-electron chi connectivity index (χ2n) is 12.0. The Morgan fingerprint density at radius 2 is 1.91 bits per heavy atom. The van der Waals surface area contributed by atoms with Crippen molar-refractivity contribution in [3.05, 3.63) is 58.0 Å². The maximum absolute atomic E-state index is 11.5. The lowest BCUT2D eigenvalue weighted by Crippen LogP contribution is -2.58. The molecule has 242 valence electrons. The number of fused-ring (bicyclic) bond motifs is 1. The van der Waals surface area contributed by atoms with E-state index in [1.54, 1.807) is 26.3 Å². The zero-order valence-electron chi connectivity index (χ0n) is 25.4. The molecule has 0 spiro atoms. The molecule has 0 radical (unpaired) electrons. The van der Waals surface area contributed by atoms with Crippen molar-refractivity contribution in [3.63, 3.8) is 0 Å². The number of hydrogen-bond donors (Lipinski definition) is 1. The van der Waals surface area contributed by atoms with Gasteiger partial charge in [-0.1, -0.05) is 30.1 Å². The first-order valence-electron chi connectivity index (χ1n) is 14.7. The van der Waals surface area contributed by atoms with E-state index in [0.717, 1.165) is 30.2 Å². The van der Waals surface area contributed by atoms with Crippen LogP contribution >= 0.6 is 23.2 Å². The molecule has 15 heteroatoms. The van der Waals surface area contributed by atoms with E-state index in [0.29, 0.717) is 69.4 Å². The third-order valence-corrected chi connectivity index (χ3v) is 9.92. The van der Waals surface area contributed by atoms with Crippen molar-refractivity contribution >= 4 is 50.0 Å². The van der Waals surface area contributed by atoms with Crippen molar-refractivity contribution in [3.8, 4) is 28.8 Å². The van der Waals surface area contributed by atoms with Crippen LogP contribution in [0.1, 0.15) is 56.6 Å². The van der Waals surface area contributed by atoms with Crippen LogP contribution in [0.2, 0.25) is 10.0 Å². The van der Waals surface area contributed by atoms with Crippen molar-refractivity contribution < 1.29 is 27.2 Å². The van der Waals surface area contributed by atoms with Crippen LogP contribution in [0.3, 0.4) is 0 Å². The summed E-state index contributed by atoms with van der Waals surface area (Å²) in [6, 6.07) is 7.64. The van der Waals surface area contributed by atoms with Gasteiger partial charge in [0.25, 0.3) is 10.1 Å². The first-order chi connectivity index (χ1) is 21.9. The fourth-order valence-electron chi connectivity index (χ4n) is 6.28. The highest BCUT2D eigenvalue weighted by atomic mass is 35.5. The zero-order chi connectivity index (χ0) is 32.8. The molecule has 1 N–H and O–H groups in total. The predicted molar refractivity (Wildman–Crippen MR) is 173 cm³/mol. The molecule has 0 aliphatic carbocycles. The Morgan fingerprint density at radius 3 is 2.54 bits per heavy atom. The number of aromatic nitrogens is 4. The molecule has 4 aromatic rings. The highest BCUT2D eigenvalue weighted by Crippen LogP contribution is 2.43. The Labute approximate surface area is 276 Å². The smallest absolute Gasteiger partial charge is 0.265 e. The van der Waals surface area contributed by atoms with Gasteiger partial charge in [-0.25, -0.2) is 9.67 Å². The maximum atomic E-state index is 11.5. The van der Waals surface area contributed by atoms with Gasteiger partial charge in [0, 0.05) is 66.3 Å². The monoisotopic (exact) mass is 686 g/mol. The van der Waals surface area contributed by atoms with Crippen LogP contribution in [0.25, 0.3) is 22.2 Å². The van der Waals surface area contributed by atoms with E-state index in [4.69, 9.17) is 42.5 Å². The molecule has 5 heterocycles. The molecule has 12 nitrogen and oxygen atoms in total. The van der Waals surface area contributed by atoms with Gasteiger partial charge >= 0.3 is 0 Å². The normalized spacial score (nSPS) is 18.5. The standard InChI is InChI=1S/C31H32Cl2N6O6S/c1-18(28-22(32)13-35-14-23(28)33)45-26-9-21-24(10-25(26)43-3)39(27-6-4-5-7-44-27)37-29(21)20-8-19(11-34)30(36-12-20)38-15-31(2,16-38)17-46(40,41)42/h8-10,12-14,18,27H,4-7,15-17H2,1-3H3,(H,40,41,42)/t18-,27?/m1/s1. The summed E-state index contributed by atoms with van der Waals surface area (Å²) in [6.45, 7) is 4.87. The lowest BCUT2D eigenvalue weighted by molar-refractivity contribution is -0.0365. The number of rotatable bonds is 9. The first kappa shape index (κ1) is 32.3. The number of hydrogen-bond acceptors (Lipinski definition) is 10. The topological polar surface area (TPSA) is 153 Å². The molecule has 0 amide bonds. The fourth-order valence-corrected chi connectivity index (χ4v) is 8.02. The number of benzene rings is 1. The summed E-state index contributed by atoms with van der Waals surface area (Å²) >= 11 is 12.8. The van der Waals surface area contributed by atoms with Crippen LogP contribution in [-0.4, -0.2) is 65.3 Å². The molecule has 46 heavy (non-hydrogen) atoms. The van der Waals surface area contributed by atoms with Crippen LogP contribution in [0.15, 0.2) is 36.8 Å². The fraction of sp³-hybridized carbons (Fsp3) is 0.419. The second kappa shape index (κ2) is 12.5. The molecule has 0 saturated carbocycles. The Kier molecular flexibility index (Phi) is 8.77. The summed E-state index contributed by atoms with van der Waals surface area (Å²) < 4.78 is 52.4. The Bertz CT molecular complexity index is 1930. The predicted octanol–water partition coefficient (Wildman–Crippen LogP) is 6.23. The molecule has 2 aliphatic heterocycles. The third-order valence-electron chi connectivity index (χ3n) is 8.26. The molecule has 3 aromatic heterocycles. The minimum absolute atomic E-state index is 0.293. The first-order valence-corrected chi connectivity index (χ1v) is 17.0. The summed E-state index contributed by atoms with van der Waals surface area (Å²) in [5.74, 6) is 0.973. The van der Waals surface area contributed by atoms with Crippen LogP contribution in [0, 0.1) is 16.7 Å². The van der Waals surface area contributed by atoms with Crippen LogP contribution in [0.4, 0.5) is 5.82 Å². The molecule has 2 saturated heterocycles. The molecular weight excluding hydrogens is 655 g/mol. The van der Waals surface area contributed by atoms with E-state index in [2.05, 4.69) is 16.0 Å². The van der Waals surface area contributed by atoms with Gasteiger partial charge in [-0.05, 0) is 38.3 Å². The molecule has 0 bridgehead atoms. The summed E-state index contributed by atoms with van der Waals surface area (Å²) in [5, 5.41) is 16.6. The number of methoxy groups -OCH3 is 1. The van der Waals surface area contributed by atoms with E-state index >= 15 is 0 Å². The number of anilines is 1. The highest BCUT2D eigenvalue weighted by molar-refractivity contribution is 7.85. The molecule has 2 aliphatic rings. The van der Waals surface area contributed by atoms with Crippen molar-refractivity contribution in [2.24, 2.45) is 5.41 Å². The molecule has 1 unspecified atom stereocenters. The number of ether oxygens (including phenoxy) is 3. The number of halogens is 2. The van der Waals surface area contributed by atoms with E-state index < -0.39 is 21.6 Å². The van der Waals surface area contributed by atoms with Crippen LogP contribution < -0.4 is 14.4 Å². The van der Waals surface area contributed by atoms with Gasteiger partial charge in [0.1, 0.15) is 23.7 Å². The number of pyridine rings is 2. The average Bonchev–Trinajstić information content (AvgIpc) is 3.37. The SMILES string of the molecule is COc1cc2c(cc1O[C@H](C)c1c(Cl)cncc1Cl)c(-c1cnc(N3CC(C)(CS(=O)(=O)O)C3)c(C#N)c1)nn2C1CCCCO1. The summed E-state index contributed by atoms with van der Waals surface area (Å²) in [4.78, 5) is 10.5. The van der Waals surface area contributed by atoms with Gasteiger partial charge < -0.3 is 19.1 Å². The van der Waals surface area contributed by atoms with Crippen molar-refractivity contribution in [1.82, 2.24) is 19.7 Å². The van der Waals surface area contributed by atoms with E-state index in [-0.39, 0.29) is 12.0 Å². The summed E-state index contributed by atoms with van der Waals surface area (Å²) in [5.41, 5.74) is 2.18. The van der Waals surface area contributed by atoms with Gasteiger partial charge in [-0.2, -0.15) is 18.8 Å². The second-order valence-corrected chi connectivity index (χ2v) is 14.3. The number of nitrogens with zero attached hydrogens (tertiary/aromatic N) is 6. The summed E-state index contributed by atoms with van der Waals surface area (Å²) in [6.07, 6.45) is 6.56. The largest absolute Gasteiger partial charge is 0.493 e. The maximum Gasteiger partial charge on any atom is 0.265 e. The van der Waals surface area contributed by atoms with Crippen LogP contribution in [0.5, 0.6) is 11.5 Å². The minimum atomic E-state index is -4.14. The Hall–Kier alpha value is -3.67. The van der Waals surface area contributed by atoms with Crippen molar-refractivity contribution in [2.45, 2.75) is 45.4 Å². The summed E-state index contributed by atoms with van der Waals surface area (Å²) in [7, 11) is -2.58.